The number of nitriles is 1. The minimum atomic E-state index is -0.0412. The normalized spacial score (nSPS) is 9.71. The van der Waals surface area contributed by atoms with Crippen molar-refractivity contribution in [3.63, 3.8) is 0 Å². The van der Waals surface area contributed by atoms with E-state index in [4.69, 9.17) is 5.26 Å². The highest BCUT2D eigenvalue weighted by atomic mass is 16.1. The van der Waals surface area contributed by atoms with Gasteiger partial charge in [0.15, 0.2) is 0 Å². The van der Waals surface area contributed by atoms with Crippen molar-refractivity contribution in [1.29, 1.82) is 5.26 Å². The van der Waals surface area contributed by atoms with E-state index in [9.17, 15) is 4.79 Å². The molecule has 5 nitrogen and oxygen atoms in total. The Kier molecular flexibility index (Phi) is 4.89. The number of benzene rings is 1. The van der Waals surface area contributed by atoms with Crippen LogP contribution in [0.1, 0.15) is 25.3 Å². The highest BCUT2D eigenvalue weighted by Gasteiger charge is 2.04. The number of carbonyl (C=O) groups is 1. The van der Waals surface area contributed by atoms with E-state index >= 15 is 0 Å². The lowest BCUT2D eigenvalue weighted by atomic mass is 10.2. The second kappa shape index (κ2) is 7.06. The Balaban J connectivity index is 2.06. The van der Waals surface area contributed by atoms with Crippen molar-refractivity contribution in [2.45, 2.75) is 19.8 Å². The Morgan fingerprint density at radius 2 is 2.10 bits per heavy atom. The highest BCUT2D eigenvalue weighted by Crippen LogP contribution is 2.20. The first-order chi connectivity index (χ1) is 10.2. The van der Waals surface area contributed by atoms with Crippen molar-refractivity contribution in [2.75, 3.05) is 10.6 Å². The van der Waals surface area contributed by atoms with Gasteiger partial charge in [0.25, 0.3) is 0 Å². The van der Waals surface area contributed by atoms with Crippen LogP contribution in [0.25, 0.3) is 0 Å². The lowest BCUT2D eigenvalue weighted by molar-refractivity contribution is -0.116. The average molecular weight is 280 g/mol. The summed E-state index contributed by atoms with van der Waals surface area (Å²) in [6.07, 6.45) is 2.91. The molecule has 0 aliphatic rings. The summed E-state index contributed by atoms with van der Waals surface area (Å²) in [7, 11) is 0. The Bertz CT molecular complexity index is 659. The lowest BCUT2D eigenvalue weighted by Crippen LogP contribution is -2.11. The first kappa shape index (κ1) is 14.5. The van der Waals surface area contributed by atoms with Crippen LogP contribution < -0.4 is 10.6 Å². The first-order valence-corrected chi connectivity index (χ1v) is 6.75. The van der Waals surface area contributed by atoms with E-state index in [0.717, 1.165) is 17.8 Å². The van der Waals surface area contributed by atoms with E-state index in [0.29, 0.717) is 17.8 Å². The average Bonchev–Trinajstić information content (AvgIpc) is 2.50. The minimum absolute atomic E-state index is 0.0412. The van der Waals surface area contributed by atoms with Gasteiger partial charge >= 0.3 is 0 Å². The van der Waals surface area contributed by atoms with Crippen LogP contribution in [0.3, 0.4) is 0 Å². The van der Waals surface area contributed by atoms with Gasteiger partial charge in [-0.3, -0.25) is 4.79 Å². The van der Waals surface area contributed by atoms with Crippen molar-refractivity contribution < 1.29 is 4.79 Å². The zero-order valence-corrected chi connectivity index (χ0v) is 11.8. The van der Waals surface area contributed by atoms with Crippen LogP contribution in [-0.2, 0) is 4.79 Å². The van der Waals surface area contributed by atoms with Gasteiger partial charge in [-0.05, 0) is 30.7 Å². The van der Waals surface area contributed by atoms with Crippen LogP contribution in [-0.4, -0.2) is 10.9 Å². The van der Waals surface area contributed by atoms with Gasteiger partial charge in [-0.15, -0.1) is 0 Å². The van der Waals surface area contributed by atoms with Gasteiger partial charge < -0.3 is 10.6 Å². The number of rotatable bonds is 5. The molecule has 21 heavy (non-hydrogen) atoms. The third kappa shape index (κ3) is 4.05. The van der Waals surface area contributed by atoms with Crippen LogP contribution >= 0.6 is 0 Å². The van der Waals surface area contributed by atoms with E-state index in [2.05, 4.69) is 21.7 Å². The van der Waals surface area contributed by atoms with Crippen molar-refractivity contribution in [1.82, 2.24) is 4.98 Å². The lowest BCUT2D eigenvalue weighted by Gasteiger charge is -2.09. The summed E-state index contributed by atoms with van der Waals surface area (Å²) in [6, 6.07) is 12.9. The predicted molar refractivity (Wildman–Crippen MR) is 82.2 cm³/mol. The summed E-state index contributed by atoms with van der Waals surface area (Å²) >= 11 is 0. The molecule has 1 aromatic carbocycles. The molecule has 1 heterocycles. The van der Waals surface area contributed by atoms with Crippen LogP contribution in [0, 0.1) is 11.3 Å². The number of nitrogens with zero attached hydrogens (tertiary/aromatic N) is 2. The van der Waals surface area contributed by atoms with Crippen LogP contribution in [0.5, 0.6) is 0 Å². The molecular formula is C16H16N4O. The molecule has 0 radical (unpaired) electrons. The largest absolute Gasteiger partial charge is 0.353 e. The summed E-state index contributed by atoms with van der Waals surface area (Å²) in [5.41, 5.74) is 2.05. The van der Waals surface area contributed by atoms with Crippen LogP contribution in [0.2, 0.25) is 0 Å². The first-order valence-electron chi connectivity index (χ1n) is 6.75. The molecule has 0 aliphatic carbocycles. The molecule has 0 bridgehead atoms. The third-order valence-corrected chi connectivity index (χ3v) is 2.83. The molecule has 2 N–H and O–H groups in total. The molecule has 0 spiro atoms. The van der Waals surface area contributed by atoms with Gasteiger partial charge in [0.05, 0.1) is 23.1 Å². The fourth-order valence-electron chi connectivity index (χ4n) is 1.82. The summed E-state index contributed by atoms with van der Waals surface area (Å²) in [5, 5.41) is 14.9. The fourth-order valence-corrected chi connectivity index (χ4v) is 1.82. The molecule has 1 aromatic heterocycles. The molecule has 5 heteroatoms. The summed E-state index contributed by atoms with van der Waals surface area (Å²) in [5.74, 6) is 0.480. The molecule has 106 valence electrons. The third-order valence-electron chi connectivity index (χ3n) is 2.83. The Labute approximate surface area is 123 Å². The van der Waals surface area contributed by atoms with E-state index in [1.165, 1.54) is 0 Å². The van der Waals surface area contributed by atoms with Crippen molar-refractivity contribution in [3.05, 3.63) is 48.2 Å². The van der Waals surface area contributed by atoms with Crippen molar-refractivity contribution in [3.8, 4) is 6.07 Å². The molecule has 0 atom stereocenters. The van der Waals surface area contributed by atoms with E-state index in [-0.39, 0.29) is 5.91 Å². The Hall–Kier alpha value is -2.87. The monoisotopic (exact) mass is 280 g/mol. The Morgan fingerprint density at radius 1 is 1.29 bits per heavy atom. The maximum absolute atomic E-state index is 11.5. The molecule has 0 aliphatic heterocycles. The second-order valence-corrected chi connectivity index (χ2v) is 4.51. The number of amides is 1. The van der Waals surface area contributed by atoms with Crippen molar-refractivity contribution in [2.24, 2.45) is 0 Å². The number of hydrogen-bond acceptors (Lipinski definition) is 4. The van der Waals surface area contributed by atoms with Gasteiger partial charge in [0, 0.05) is 6.42 Å². The van der Waals surface area contributed by atoms with Gasteiger partial charge in [-0.2, -0.15) is 5.26 Å². The molecule has 0 fully saturated rings. The number of anilines is 3. The quantitative estimate of drug-likeness (QED) is 0.879. The van der Waals surface area contributed by atoms with Crippen LogP contribution in [0.4, 0.5) is 17.2 Å². The number of nitrogens with one attached hydrogen (secondary N) is 2. The zero-order chi connectivity index (χ0) is 15.1. The number of carbonyl (C=O) groups excluding carboxylic acids is 1. The molecule has 0 unspecified atom stereocenters. The molecule has 2 rings (SSSR count). The fraction of sp³-hybridized carbons (Fsp3) is 0.188. The van der Waals surface area contributed by atoms with Gasteiger partial charge in [-0.25, -0.2) is 4.98 Å². The number of hydrogen-bond donors (Lipinski definition) is 2. The summed E-state index contributed by atoms with van der Waals surface area (Å²) in [6.45, 7) is 1.95. The van der Waals surface area contributed by atoms with Gasteiger partial charge in [-0.1, -0.05) is 19.1 Å². The second-order valence-electron chi connectivity index (χ2n) is 4.51. The maximum atomic E-state index is 11.5. The topological polar surface area (TPSA) is 77.8 Å². The summed E-state index contributed by atoms with van der Waals surface area (Å²) in [4.78, 5) is 15.6. The molecule has 1 amide bonds. The number of para-hydroxylation sites is 1. The highest BCUT2D eigenvalue weighted by molar-refractivity contribution is 5.89. The molecular weight excluding hydrogens is 264 g/mol. The van der Waals surface area contributed by atoms with E-state index < -0.39 is 0 Å². The summed E-state index contributed by atoms with van der Waals surface area (Å²) < 4.78 is 0. The smallest absolute Gasteiger partial charge is 0.225 e. The van der Waals surface area contributed by atoms with E-state index in [1.54, 1.807) is 18.3 Å². The standard InChI is InChI=1S/C16H16N4O/c1-2-5-16(21)20-15-9-8-13(11-18-15)19-14-7-4-3-6-12(14)10-17/h3-4,6-9,11,19H,2,5H2,1H3,(H,18,20,21). The van der Waals surface area contributed by atoms with Crippen molar-refractivity contribution >= 4 is 23.1 Å². The Morgan fingerprint density at radius 3 is 2.76 bits per heavy atom. The van der Waals surface area contributed by atoms with Crippen LogP contribution in [0.15, 0.2) is 42.6 Å². The molecule has 2 aromatic rings. The zero-order valence-electron chi connectivity index (χ0n) is 11.8. The molecule has 0 saturated carbocycles. The molecule has 0 saturated heterocycles. The van der Waals surface area contributed by atoms with Gasteiger partial charge in [0.1, 0.15) is 11.9 Å². The van der Waals surface area contributed by atoms with Gasteiger partial charge in [0.2, 0.25) is 5.91 Å². The minimum Gasteiger partial charge on any atom is -0.353 e. The van der Waals surface area contributed by atoms with E-state index in [1.807, 2.05) is 31.2 Å². The number of aromatic nitrogens is 1. The SMILES string of the molecule is CCCC(=O)Nc1ccc(Nc2ccccc2C#N)cn1. The maximum Gasteiger partial charge on any atom is 0.225 e. The predicted octanol–water partition coefficient (Wildman–Crippen LogP) is 3.44. The number of pyridine rings is 1.